The Morgan fingerprint density at radius 3 is 3.00 bits per heavy atom. The van der Waals surface area contributed by atoms with Crippen LogP contribution in [-0.4, -0.2) is 25.6 Å². The number of aromatic amines is 1. The van der Waals surface area contributed by atoms with E-state index >= 15 is 0 Å². The van der Waals surface area contributed by atoms with Gasteiger partial charge in [-0.2, -0.15) is 4.12 Å². The lowest BCUT2D eigenvalue weighted by Gasteiger charge is -1.99. The molecule has 2 rings (SSSR count). The Balaban J connectivity index is 2.91. The number of nitrogens with zero attached hydrogens (tertiary/aromatic N) is 3. The van der Waals surface area contributed by atoms with Gasteiger partial charge in [0.2, 0.25) is 0 Å². The van der Waals surface area contributed by atoms with E-state index in [1.165, 1.54) is 0 Å². The number of rotatable bonds is 2. The molecule has 2 heterocycles. The van der Waals surface area contributed by atoms with E-state index in [1.54, 1.807) is 0 Å². The van der Waals surface area contributed by atoms with E-state index < -0.39 is 11.2 Å². The molecule has 0 unspecified atom stereocenters. The summed E-state index contributed by atoms with van der Waals surface area (Å²) in [5.41, 5.74) is -1.67. The maximum absolute atomic E-state index is 11.3. The fraction of sp³-hybridized carbons (Fsp3) is 0.333. The van der Waals surface area contributed by atoms with Crippen molar-refractivity contribution < 1.29 is 9.23 Å². The zero-order valence-corrected chi connectivity index (χ0v) is 8.15. The molecule has 15 heavy (non-hydrogen) atoms. The highest BCUT2D eigenvalue weighted by atomic mass is 32.1. The maximum Gasteiger partial charge on any atom is 0.332 e. The molecular weight excluding hydrogens is 224 g/mol. The standard InChI is InChI=1S/C6H6N4O4S/c11-2-1-9-4-3(10(14)15-8-4)5(12)7-6(9)13/h11H,1-2H2,(H,7,12,13). The molecule has 80 valence electrons. The summed E-state index contributed by atoms with van der Waals surface area (Å²) >= 11 is 0.530. The zero-order chi connectivity index (χ0) is 11.0. The average molecular weight is 230 g/mol. The normalized spacial score (nSPS) is 11.0. The number of H-pyrrole nitrogens is 1. The molecule has 9 heteroatoms. The van der Waals surface area contributed by atoms with E-state index in [-0.39, 0.29) is 24.3 Å². The van der Waals surface area contributed by atoms with Gasteiger partial charge in [0.25, 0.3) is 17.2 Å². The molecule has 2 N–H and O–H groups in total. The highest BCUT2D eigenvalue weighted by Gasteiger charge is 2.19. The van der Waals surface area contributed by atoms with Crippen molar-refractivity contribution in [1.82, 2.24) is 13.9 Å². The van der Waals surface area contributed by atoms with Crippen LogP contribution in [0.15, 0.2) is 9.59 Å². The molecule has 0 saturated carbocycles. The maximum atomic E-state index is 11.3. The first kappa shape index (κ1) is 9.80. The molecule has 0 aliphatic rings. The van der Waals surface area contributed by atoms with Crippen LogP contribution in [0.5, 0.6) is 0 Å². The van der Waals surface area contributed by atoms with Crippen LogP contribution in [-0.2, 0) is 6.54 Å². The van der Waals surface area contributed by atoms with Crippen LogP contribution in [0.4, 0.5) is 0 Å². The summed E-state index contributed by atoms with van der Waals surface area (Å²) in [4.78, 5) is 24.5. The number of aromatic nitrogens is 4. The first-order valence-corrected chi connectivity index (χ1v) is 4.71. The summed E-state index contributed by atoms with van der Waals surface area (Å²) in [5.74, 6) is 0. The van der Waals surface area contributed by atoms with E-state index in [2.05, 4.69) is 4.37 Å². The summed E-state index contributed by atoms with van der Waals surface area (Å²) in [5, 5.41) is 19.9. The summed E-state index contributed by atoms with van der Waals surface area (Å²) in [7, 11) is 0. The predicted molar refractivity (Wildman–Crippen MR) is 50.5 cm³/mol. The number of aliphatic hydroxyl groups is 1. The van der Waals surface area contributed by atoms with Crippen molar-refractivity contribution in [3.8, 4) is 0 Å². The average Bonchev–Trinajstić information content (AvgIpc) is 2.55. The molecule has 0 saturated heterocycles. The molecule has 0 atom stereocenters. The van der Waals surface area contributed by atoms with Gasteiger partial charge >= 0.3 is 16.9 Å². The van der Waals surface area contributed by atoms with Crippen molar-refractivity contribution in [2.45, 2.75) is 6.54 Å². The second-order valence-electron chi connectivity index (χ2n) is 2.74. The molecule has 0 aromatic carbocycles. The molecule has 0 radical (unpaired) electrons. The minimum Gasteiger partial charge on any atom is -0.700 e. The third-order valence-corrected chi connectivity index (χ3v) is 2.44. The number of hydrogen-bond acceptors (Lipinski definition) is 6. The fourth-order valence-electron chi connectivity index (χ4n) is 1.23. The van der Waals surface area contributed by atoms with Crippen LogP contribution in [0, 0.1) is 5.21 Å². The summed E-state index contributed by atoms with van der Waals surface area (Å²) in [6.45, 7) is -0.298. The summed E-state index contributed by atoms with van der Waals surface area (Å²) < 4.78 is 5.05. The van der Waals surface area contributed by atoms with Gasteiger partial charge in [-0.05, 0) is 0 Å². The van der Waals surface area contributed by atoms with Crippen LogP contribution in [0.2, 0.25) is 0 Å². The number of nitrogens with one attached hydrogen (secondary N) is 1. The van der Waals surface area contributed by atoms with Gasteiger partial charge < -0.3 is 10.3 Å². The molecule has 0 amide bonds. The Morgan fingerprint density at radius 1 is 1.60 bits per heavy atom. The Kier molecular flexibility index (Phi) is 2.25. The minimum atomic E-state index is -0.770. The van der Waals surface area contributed by atoms with Crippen LogP contribution in [0.3, 0.4) is 0 Å². The largest absolute Gasteiger partial charge is 0.700 e. The predicted octanol–water partition coefficient (Wildman–Crippen LogP) is -2.23. The molecule has 0 aliphatic carbocycles. The van der Waals surface area contributed by atoms with Crippen molar-refractivity contribution in [2.24, 2.45) is 0 Å². The Morgan fingerprint density at radius 2 is 2.33 bits per heavy atom. The molecule has 8 nitrogen and oxygen atoms in total. The van der Waals surface area contributed by atoms with Gasteiger partial charge in [0.05, 0.1) is 13.2 Å². The molecule has 0 aliphatic heterocycles. The zero-order valence-electron chi connectivity index (χ0n) is 7.34. The van der Waals surface area contributed by atoms with Gasteiger partial charge in [0.1, 0.15) is 0 Å². The van der Waals surface area contributed by atoms with E-state index in [0.717, 1.165) is 4.57 Å². The topological polar surface area (TPSA) is 115 Å². The highest BCUT2D eigenvalue weighted by Crippen LogP contribution is 2.00. The first-order chi connectivity index (χ1) is 7.15. The van der Waals surface area contributed by atoms with E-state index in [9.17, 15) is 14.8 Å². The third kappa shape index (κ3) is 1.41. The molecule has 0 bridgehead atoms. The molecule has 2 aromatic rings. The van der Waals surface area contributed by atoms with Crippen molar-refractivity contribution in [2.75, 3.05) is 6.61 Å². The van der Waals surface area contributed by atoms with Crippen LogP contribution in [0.1, 0.15) is 0 Å². The Labute approximate surface area is 85.9 Å². The number of aliphatic hydroxyl groups excluding tert-OH is 1. The number of hydrogen-bond donors (Lipinski definition) is 2. The van der Waals surface area contributed by atoms with Gasteiger partial charge in [0.15, 0.2) is 0 Å². The van der Waals surface area contributed by atoms with Gasteiger partial charge in [-0.25, -0.2) is 9.36 Å². The van der Waals surface area contributed by atoms with Crippen LogP contribution >= 0.6 is 11.7 Å². The van der Waals surface area contributed by atoms with Gasteiger partial charge in [0, 0.05) is 4.37 Å². The monoisotopic (exact) mass is 230 g/mol. The van der Waals surface area contributed by atoms with Gasteiger partial charge in [-0.1, -0.05) is 0 Å². The van der Waals surface area contributed by atoms with Crippen molar-refractivity contribution in [1.29, 1.82) is 0 Å². The lowest BCUT2D eigenvalue weighted by Crippen LogP contribution is -2.36. The van der Waals surface area contributed by atoms with E-state index in [4.69, 9.17) is 5.11 Å². The van der Waals surface area contributed by atoms with E-state index in [0.29, 0.717) is 15.8 Å². The molecule has 0 fully saturated rings. The fourth-order valence-corrected chi connectivity index (χ4v) is 1.81. The summed E-state index contributed by atoms with van der Waals surface area (Å²) in [6.07, 6.45) is 0. The second kappa shape index (κ2) is 3.44. The van der Waals surface area contributed by atoms with Crippen LogP contribution < -0.4 is 15.4 Å². The highest BCUT2D eigenvalue weighted by molar-refractivity contribution is 6.95. The molecule has 0 spiro atoms. The van der Waals surface area contributed by atoms with Gasteiger partial charge in [-0.15, -0.1) is 0 Å². The molecular formula is C6H6N4O4S. The van der Waals surface area contributed by atoms with Crippen LogP contribution in [0.25, 0.3) is 11.2 Å². The van der Waals surface area contributed by atoms with Crippen molar-refractivity contribution >= 4 is 22.9 Å². The summed E-state index contributed by atoms with van der Waals surface area (Å²) in [6, 6.07) is 0. The van der Waals surface area contributed by atoms with Crippen molar-refractivity contribution in [3.63, 3.8) is 0 Å². The molecule has 2 aromatic heterocycles. The van der Waals surface area contributed by atoms with Gasteiger partial charge in [-0.3, -0.25) is 9.78 Å². The Hall–Kier alpha value is -1.74. The smallest absolute Gasteiger partial charge is 0.332 e. The SMILES string of the molecule is O=c1[nH]c(=O)n(CCO)c2ns[n+]([O-])c12. The quantitative estimate of drug-likeness (QED) is 0.447. The Bertz CT molecular complexity index is 612. The minimum absolute atomic E-state index is 0.00204. The lowest BCUT2D eigenvalue weighted by atomic mass is 10.5. The number of fused-ring (bicyclic) bond motifs is 1. The third-order valence-electron chi connectivity index (χ3n) is 1.86. The first-order valence-electron chi connectivity index (χ1n) is 3.98. The van der Waals surface area contributed by atoms with Crippen molar-refractivity contribution in [3.05, 3.63) is 26.0 Å². The van der Waals surface area contributed by atoms with E-state index in [1.807, 2.05) is 4.98 Å². The lowest BCUT2D eigenvalue weighted by molar-refractivity contribution is -0.501. The second-order valence-corrected chi connectivity index (χ2v) is 3.41.